The number of aromatic nitrogens is 1. The highest BCUT2D eigenvalue weighted by Gasteiger charge is 2.14. The first-order valence-corrected chi connectivity index (χ1v) is 5.41. The quantitative estimate of drug-likeness (QED) is 0.680. The van der Waals surface area contributed by atoms with Crippen molar-refractivity contribution in [3.8, 4) is 0 Å². The van der Waals surface area contributed by atoms with E-state index < -0.39 is 5.97 Å². The predicted molar refractivity (Wildman–Crippen MR) is 60.6 cm³/mol. The van der Waals surface area contributed by atoms with Crippen molar-refractivity contribution >= 4 is 38.4 Å². The number of thiophene rings is 1. The van der Waals surface area contributed by atoms with Gasteiger partial charge in [-0.25, -0.2) is 9.18 Å². The van der Waals surface area contributed by atoms with Crippen LogP contribution in [0.15, 0.2) is 24.3 Å². The Morgan fingerprint density at radius 3 is 3.00 bits per heavy atom. The van der Waals surface area contributed by atoms with Gasteiger partial charge in [-0.15, -0.1) is 11.3 Å². The zero-order valence-electron chi connectivity index (χ0n) is 7.95. The van der Waals surface area contributed by atoms with Gasteiger partial charge in [-0.2, -0.15) is 0 Å². The number of halogens is 1. The number of aromatic amines is 1. The molecule has 0 amide bonds. The number of aromatic carboxylic acids is 1. The molecule has 2 N–H and O–H groups in total. The van der Waals surface area contributed by atoms with Gasteiger partial charge in [0.1, 0.15) is 10.7 Å². The molecule has 0 unspecified atom stereocenters. The number of hydrogen-bond acceptors (Lipinski definition) is 2. The summed E-state index contributed by atoms with van der Waals surface area (Å²) in [7, 11) is 0. The predicted octanol–water partition coefficient (Wildman–Crippen LogP) is 3.22. The molecule has 0 atom stereocenters. The number of rotatable bonds is 1. The van der Waals surface area contributed by atoms with E-state index in [0.717, 1.165) is 21.4 Å². The lowest BCUT2D eigenvalue weighted by Crippen LogP contribution is -1.89. The number of nitrogens with one attached hydrogen (secondary N) is 1. The average Bonchev–Trinajstić information content (AvgIpc) is 2.76. The van der Waals surface area contributed by atoms with Gasteiger partial charge < -0.3 is 10.1 Å². The maximum Gasteiger partial charge on any atom is 0.345 e. The van der Waals surface area contributed by atoms with Crippen LogP contribution in [0.1, 0.15) is 9.67 Å². The van der Waals surface area contributed by atoms with Crippen molar-refractivity contribution < 1.29 is 14.3 Å². The van der Waals surface area contributed by atoms with E-state index in [4.69, 9.17) is 5.11 Å². The molecule has 3 rings (SSSR count). The summed E-state index contributed by atoms with van der Waals surface area (Å²) in [6.45, 7) is 0. The Labute approximate surface area is 93.1 Å². The zero-order chi connectivity index (χ0) is 11.3. The first-order valence-electron chi connectivity index (χ1n) is 4.60. The normalized spacial score (nSPS) is 11.3. The molecule has 0 aliphatic heterocycles. The minimum Gasteiger partial charge on any atom is -0.477 e. The van der Waals surface area contributed by atoms with Crippen LogP contribution in [-0.2, 0) is 0 Å². The number of carboxylic acids is 1. The first kappa shape index (κ1) is 9.35. The lowest BCUT2D eigenvalue weighted by Gasteiger charge is -1.91. The largest absolute Gasteiger partial charge is 0.477 e. The summed E-state index contributed by atoms with van der Waals surface area (Å²) >= 11 is 1.15. The molecule has 1 aromatic carbocycles. The van der Waals surface area contributed by atoms with E-state index in [-0.39, 0.29) is 10.7 Å². The Hall–Kier alpha value is -1.88. The number of carboxylic acid groups (broad SMARTS) is 1. The van der Waals surface area contributed by atoms with Crippen molar-refractivity contribution in [1.29, 1.82) is 0 Å². The topological polar surface area (TPSA) is 53.1 Å². The Morgan fingerprint density at radius 2 is 2.25 bits per heavy atom. The fourth-order valence-electron chi connectivity index (χ4n) is 1.76. The van der Waals surface area contributed by atoms with E-state index >= 15 is 0 Å². The molecule has 0 bridgehead atoms. The molecule has 2 heterocycles. The number of H-pyrrole nitrogens is 1. The maximum atomic E-state index is 13.4. The minimum absolute atomic E-state index is 0.257. The second-order valence-electron chi connectivity index (χ2n) is 3.45. The highest BCUT2D eigenvalue weighted by Crippen LogP contribution is 2.33. The first-order chi connectivity index (χ1) is 7.66. The third-order valence-electron chi connectivity index (χ3n) is 2.46. The molecule has 0 saturated heterocycles. The van der Waals surface area contributed by atoms with Gasteiger partial charge in [0.2, 0.25) is 0 Å². The monoisotopic (exact) mass is 235 g/mol. The van der Waals surface area contributed by atoms with Gasteiger partial charge in [0.15, 0.2) is 0 Å². The summed E-state index contributed by atoms with van der Waals surface area (Å²) in [6.07, 6.45) is 0. The molecule has 0 spiro atoms. The maximum absolute atomic E-state index is 13.4. The average molecular weight is 235 g/mol. The Bertz CT molecular complexity index is 713. The smallest absolute Gasteiger partial charge is 0.345 e. The van der Waals surface area contributed by atoms with Gasteiger partial charge in [0.05, 0.1) is 15.7 Å². The molecular weight excluding hydrogens is 229 g/mol. The van der Waals surface area contributed by atoms with Crippen LogP contribution in [-0.4, -0.2) is 16.1 Å². The molecule has 16 heavy (non-hydrogen) atoms. The molecule has 3 aromatic rings. The van der Waals surface area contributed by atoms with Crippen LogP contribution in [0.2, 0.25) is 0 Å². The van der Waals surface area contributed by atoms with Crippen LogP contribution in [0, 0.1) is 5.82 Å². The molecule has 0 aliphatic rings. The number of para-hydroxylation sites is 1. The number of hydrogen-bond donors (Lipinski definition) is 2. The molecule has 5 heteroatoms. The molecule has 0 radical (unpaired) electrons. The van der Waals surface area contributed by atoms with Crippen LogP contribution >= 0.6 is 11.3 Å². The summed E-state index contributed by atoms with van der Waals surface area (Å²) in [5.41, 5.74) is 1.10. The lowest BCUT2D eigenvalue weighted by molar-refractivity contribution is 0.0702. The van der Waals surface area contributed by atoms with Crippen LogP contribution < -0.4 is 0 Å². The minimum atomic E-state index is -0.959. The van der Waals surface area contributed by atoms with Crippen molar-refractivity contribution in [1.82, 2.24) is 4.98 Å². The van der Waals surface area contributed by atoms with Gasteiger partial charge in [-0.1, -0.05) is 12.1 Å². The number of fused-ring (bicyclic) bond motifs is 3. The Morgan fingerprint density at radius 1 is 1.44 bits per heavy atom. The summed E-state index contributed by atoms with van der Waals surface area (Å²) in [4.78, 5) is 13.9. The zero-order valence-corrected chi connectivity index (χ0v) is 8.77. The van der Waals surface area contributed by atoms with Gasteiger partial charge >= 0.3 is 5.97 Å². The third-order valence-corrected chi connectivity index (χ3v) is 3.62. The molecule has 0 fully saturated rings. The lowest BCUT2D eigenvalue weighted by atomic mass is 10.2. The highest BCUT2D eigenvalue weighted by molar-refractivity contribution is 7.21. The van der Waals surface area contributed by atoms with Crippen molar-refractivity contribution in [3.63, 3.8) is 0 Å². The van der Waals surface area contributed by atoms with Crippen LogP contribution in [0.25, 0.3) is 21.1 Å². The number of carbonyl (C=O) groups is 1. The SMILES string of the molecule is O=C(O)c1cc2[nH]c3c(F)cccc3c2s1. The van der Waals surface area contributed by atoms with E-state index in [1.54, 1.807) is 12.1 Å². The summed E-state index contributed by atoms with van der Waals surface area (Å²) in [5.74, 6) is -1.28. The Balaban J connectivity index is 2.43. The van der Waals surface area contributed by atoms with Gasteiger partial charge in [-0.3, -0.25) is 0 Å². The van der Waals surface area contributed by atoms with Crippen molar-refractivity contribution in [2.24, 2.45) is 0 Å². The molecule has 0 aliphatic carbocycles. The van der Waals surface area contributed by atoms with Crippen LogP contribution in [0.5, 0.6) is 0 Å². The second-order valence-corrected chi connectivity index (χ2v) is 4.50. The van der Waals surface area contributed by atoms with E-state index in [2.05, 4.69) is 4.98 Å². The molecule has 80 valence electrons. The van der Waals surface area contributed by atoms with Crippen molar-refractivity contribution in [2.45, 2.75) is 0 Å². The van der Waals surface area contributed by atoms with Crippen molar-refractivity contribution in [3.05, 3.63) is 35.0 Å². The van der Waals surface area contributed by atoms with Crippen LogP contribution in [0.4, 0.5) is 4.39 Å². The van der Waals surface area contributed by atoms with E-state index in [1.807, 2.05) is 0 Å². The van der Waals surface area contributed by atoms with Crippen molar-refractivity contribution in [2.75, 3.05) is 0 Å². The second kappa shape index (κ2) is 3.05. The van der Waals surface area contributed by atoms with E-state index in [1.165, 1.54) is 12.1 Å². The third kappa shape index (κ3) is 1.15. The fourth-order valence-corrected chi connectivity index (χ4v) is 2.75. The van der Waals surface area contributed by atoms with Gasteiger partial charge in [-0.05, 0) is 12.1 Å². The number of benzene rings is 1. The van der Waals surface area contributed by atoms with Crippen LogP contribution in [0.3, 0.4) is 0 Å². The summed E-state index contributed by atoms with van der Waals surface area (Å²) < 4.78 is 14.2. The Kier molecular flexibility index (Phi) is 1.79. The van der Waals surface area contributed by atoms with E-state index in [9.17, 15) is 9.18 Å². The molecule has 2 aromatic heterocycles. The van der Waals surface area contributed by atoms with Gasteiger partial charge in [0.25, 0.3) is 0 Å². The molecule has 3 nitrogen and oxygen atoms in total. The fraction of sp³-hybridized carbons (Fsp3) is 0. The summed E-state index contributed by atoms with van der Waals surface area (Å²) in [5, 5.41) is 9.58. The summed E-state index contributed by atoms with van der Waals surface area (Å²) in [6, 6.07) is 6.30. The highest BCUT2D eigenvalue weighted by atomic mass is 32.1. The van der Waals surface area contributed by atoms with E-state index in [0.29, 0.717) is 11.0 Å². The molecular formula is C11H6FNO2S. The standard InChI is InChI=1S/C11H6FNO2S/c12-6-3-1-2-5-9(6)13-7-4-8(11(14)15)16-10(5)7/h1-4,13H,(H,14,15). The van der Waals surface area contributed by atoms with Gasteiger partial charge in [0, 0.05) is 5.39 Å². The molecule has 0 saturated carbocycles.